The normalized spacial score (nSPS) is 17.4. The fourth-order valence-electron chi connectivity index (χ4n) is 6.13. The van der Waals surface area contributed by atoms with Crippen LogP contribution in [-0.4, -0.2) is 109 Å². The Hall–Kier alpha value is -5.08. The number of benzene rings is 1. The number of H-pyrrole nitrogens is 1. The molecule has 2 saturated heterocycles. The van der Waals surface area contributed by atoms with Crippen molar-refractivity contribution in [2.24, 2.45) is 7.05 Å². The Bertz CT molecular complexity index is 1860. The number of rotatable bonds is 9. The number of piperazine rings is 1. The van der Waals surface area contributed by atoms with Crippen molar-refractivity contribution < 1.29 is 9.53 Å². The average molecular weight is 637 g/mol. The molecule has 1 aromatic carbocycles. The minimum atomic E-state index is -0.0791. The van der Waals surface area contributed by atoms with Gasteiger partial charge in [-0.25, -0.2) is 19.9 Å². The van der Waals surface area contributed by atoms with Crippen molar-refractivity contribution in [1.82, 2.24) is 44.5 Å². The SMILES string of the molecule is Cc1cnc(Nc2cc(C)n(C)n2)nc1-c1c[nH]c2c(NC(=O)CN3CCC(Oc4cnc(N5CCN(C)CC5)nc4)C3)cccc12. The molecule has 2 aliphatic rings. The zero-order valence-corrected chi connectivity index (χ0v) is 27.2. The Balaban J connectivity index is 0.966. The van der Waals surface area contributed by atoms with E-state index in [0.29, 0.717) is 24.1 Å². The van der Waals surface area contributed by atoms with Crippen LogP contribution < -0.4 is 20.3 Å². The lowest BCUT2D eigenvalue weighted by Crippen LogP contribution is -2.45. The lowest BCUT2D eigenvalue weighted by atomic mass is 10.1. The van der Waals surface area contributed by atoms with Crippen molar-refractivity contribution in [3.8, 4) is 17.0 Å². The van der Waals surface area contributed by atoms with Gasteiger partial charge in [0.1, 0.15) is 6.10 Å². The van der Waals surface area contributed by atoms with Gasteiger partial charge in [-0.3, -0.25) is 14.4 Å². The fourth-order valence-corrected chi connectivity index (χ4v) is 6.13. The molecule has 14 heteroatoms. The third-order valence-corrected chi connectivity index (χ3v) is 8.87. The van der Waals surface area contributed by atoms with E-state index in [1.807, 2.05) is 51.4 Å². The first-order chi connectivity index (χ1) is 22.8. The van der Waals surface area contributed by atoms with Crippen molar-refractivity contribution in [3.05, 3.63) is 60.3 Å². The fraction of sp³-hybridized carbons (Fsp3) is 0.394. The predicted molar refractivity (Wildman–Crippen MR) is 181 cm³/mol. The highest BCUT2D eigenvalue weighted by Gasteiger charge is 2.26. The summed E-state index contributed by atoms with van der Waals surface area (Å²) >= 11 is 0. The summed E-state index contributed by atoms with van der Waals surface area (Å²) in [5.41, 5.74) is 5.25. The topological polar surface area (TPSA) is 145 Å². The Morgan fingerprint density at radius 2 is 1.85 bits per heavy atom. The molecule has 0 bridgehead atoms. The van der Waals surface area contributed by atoms with Gasteiger partial charge in [0.25, 0.3) is 0 Å². The van der Waals surface area contributed by atoms with E-state index in [4.69, 9.17) is 9.72 Å². The predicted octanol–water partition coefficient (Wildman–Crippen LogP) is 3.35. The van der Waals surface area contributed by atoms with Crippen molar-refractivity contribution in [2.75, 3.05) is 68.4 Å². The van der Waals surface area contributed by atoms with Crippen LogP contribution in [0.2, 0.25) is 0 Å². The highest BCUT2D eigenvalue weighted by Crippen LogP contribution is 2.33. The molecule has 0 spiro atoms. The molecule has 14 nitrogen and oxygen atoms in total. The summed E-state index contributed by atoms with van der Waals surface area (Å²) in [5.74, 6) is 2.46. The molecule has 0 radical (unpaired) electrons. The summed E-state index contributed by atoms with van der Waals surface area (Å²) in [7, 11) is 4.02. The summed E-state index contributed by atoms with van der Waals surface area (Å²) < 4.78 is 7.97. The number of carbonyl (C=O) groups excluding carboxylic acids is 1. The monoisotopic (exact) mass is 636 g/mol. The lowest BCUT2D eigenvalue weighted by molar-refractivity contribution is -0.117. The van der Waals surface area contributed by atoms with Crippen LogP contribution in [0.4, 0.5) is 23.4 Å². The number of nitrogens with one attached hydrogen (secondary N) is 3. The van der Waals surface area contributed by atoms with Crippen LogP contribution in [-0.2, 0) is 11.8 Å². The Morgan fingerprint density at radius 3 is 2.62 bits per heavy atom. The van der Waals surface area contributed by atoms with Crippen molar-refractivity contribution in [1.29, 1.82) is 0 Å². The summed E-state index contributed by atoms with van der Waals surface area (Å²) in [4.78, 5) is 41.5. The summed E-state index contributed by atoms with van der Waals surface area (Å²) in [6.07, 6.45) is 8.04. The second kappa shape index (κ2) is 13.0. The van der Waals surface area contributed by atoms with E-state index in [2.05, 4.69) is 57.4 Å². The number of hydrogen-bond acceptors (Lipinski definition) is 11. The third kappa shape index (κ3) is 6.74. The number of anilines is 4. The van der Waals surface area contributed by atoms with Gasteiger partial charge < -0.3 is 30.2 Å². The van der Waals surface area contributed by atoms with E-state index in [1.165, 1.54) is 0 Å². The third-order valence-electron chi connectivity index (χ3n) is 8.87. The first kappa shape index (κ1) is 30.6. The zero-order chi connectivity index (χ0) is 32.5. The summed E-state index contributed by atoms with van der Waals surface area (Å²) in [6, 6.07) is 7.82. The van der Waals surface area contributed by atoms with Gasteiger partial charge >= 0.3 is 0 Å². The maximum absolute atomic E-state index is 13.2. The number of ether oxygens (including phenoxy) is 1. The molecule has 4 aromatic heterocycles. The number of fused-ring (bicyclic) bond motifs is 1. The van der Waals surface area contributed by atoms with E-state index >= 15 is 0 Å². The maximum atomic E-state index is 13.2. The van der Waals surface area contributed by atoms with Crippen LogP contribution in [0, 0.1) is 13.8 Å². The van der Waals surface area contributed by atoms with Crippen LogP contribution in [0.5, 0.6) is 5.75 Å². The summed E-state index contributed by atoms with van der Waals surface area (Å²) in [5, 5.41) is 11.7. The van der Waals surface area contributed by atoms with Gasteiger partial charge in [0.05, 0.1) is 35.8 Å². The van der Waals surface area contributed by atoms with Gasteiger partial charge in [-0.2, -0.15) is 5.10 Å². The van der Waals surface area contributed by atoms with E-state index in [-0.39, 0.29) is 18.6 Å². The molecule has 0 aliphatic carbocycles. The number of likely N-dealkylation sites (N-methyl/N-ethyl adjacent to an activating group) is 1. The molecule has 47 heavy (non-hydrogen) atoms. The summed E-state index contributed by atoms with van der Waals surface area (Å²) in [6.45, 7) is 9.53. The molecule has 6 heterocycles. The Morgan fingerprint density at radius 1 is 1.04 bits per heavy atom. The lowest BCUT2D eigenvalue weighted by Gasteiger charge is -2.32. The molecule has 7 rings (SSSR count). The second-order valence-electron chi connectivity index (χ2n) is 12.4. The standard InChI is InChI=1S/C33H40N12O2/c1-21-15-35-32(39-28-14-22(2)43(4)41-28)40-30(21)26-18-34-31-25(26)6-5-7-27(31)38-29(46)20-44-9-8-23(19-44)47-24-16-36-33(37-17-24)45-12-10-42(3)11-13-45/h5-7,14-18,23,34H,8-13,19-20H2,1-4H3,(H,38,46)(H,35,39,40,41). The van der Waals surface area contributed by atoms with Gasteiger partial charge in [-0.1, -0.05) is 12.1 Å². The maximum Gasteiger partial charge on any atom is 0.238 e. The van der Waals surface area contributed by atoms with Crippen molar-refractivity contribution >= 4 is 40.2 Å². The molecular formula is C33H40N12O2. The van der Waals surface area contributed by atoms with Gasteiger partial charge in [0.2, 0.25) is 17.8 Å². The quantitative estimate of drug-likeness (QED) is 0.219. The van der Waals surface area contributed by atoms with E-state index in [0.717, 1.165) is 84.2 Å². The number of aromatic amines is 1. The Labute approximate surface area is 273 Å². The molecule has 1 atom stereocenters. The molecular weight excluding hydrogens is 596 g/mol. The number of aryl methyl sites for hydroxylation is 3. The minimum absolute atomic E-state index is 0.0209. The smallest absolute Gasteiger partial charge is 0.238 e. The largest absolute Gasteiger partial charge is 0.486 e. The number of nitrogens with zero attached hydrogens (tertiary/aromatic N) is 9. The molecule has 2 aliphatic heterocycles. The minimum Gasteiger partial charge on any atom is -0.486 e. The van der Waals surface area contributed by atoms with Gasteiger partial charge in [-0.05, 0) is 38.9 Å². The van der Waals surface area contributed by atoms with Crippen molar-refractivity contribution in [3.63, 3.8) is 0 Å². The zero-order valence-electron chi connectivity index (χ0n) is 27.2. The molecule has 5 aromatic rings. The van der Waals surface area contributed by atoms with Gasteiger partial charge in [0, 0.05) is 81.4 Å². The molecule has 3 N–H and O–H groups in total. The molecule has 1 unspecified atom stereocenters. The molecule has 0 saturated carbocycles. The first-order valence-corrected chi connectivity index (χ1v) is 16.0. The molecule has 1 amide bonds. The van der Waals surface area contributed by atoms with Crippen LogP contribution in [0.1, 0.15) is 17.7 Å². The average Bonchev–Trinajstić information content (AvgIpc) is 3.78. The number of para-hydroxylation sites is 1. The molecule has 2 fully saturated rings. The van der Waals surface area contributed by atoms with Crippen LogP contribution >= 0.6 is 0 Å². The number of aromatic nitrogens is 7. The van der Waals surface area contributed by atoms with E-state index < -0.39 is 0 Å². The first-order valence-electron chi connectivity index (χ1n) is 16.0. The van der Waals surface area contributed by atoms with Gasteiger partial charge in [0.15, 0.2) is 11.6 Å². The molecule has 244 valence electrons. The number of amides is 1. The van der Waals surface area contributed by atoms with E-state index in [1.54, 1.807) is 23.3 Å². The highest BCUT2D eigenvalue weighted by molar-refractivity contribution is 6.06. The highest BCUT2D eigenvalue weighted by atomic mass is 16.5. The van der Waals surface area contributed by atoms with E-state index in [9.17, 15) is 4.79 Å². The van der Waals surface area contributed by atoms with Crippen LogP contribution in [0.25, 0.3) is 22.2 Å². The number of likely N-dealkylation sites (tertiary alicyclic amines) is 1. The Kier molecular flexibility index (Phi) is 8.43. The van der Waals surface area contributed by atoms with Gasteiger partial charge in [-0.15, -0.1) is 0 Å². The van der Waals surface area contributed by atoms with Crippen LogP contribution in [0.15, 0.2) is 49.1 Å². The second-order valence-corrected chi connectivity index (χ2v) is 12.4. The van der Waals surface area contributed by atoms with Crippen molar-refractivity contribution in [2.45, 2.75) is 26.4 Å². The van der Waals surface area contributed by atoms with Crippen LogP contribution in [0.3, 0.4) is 0 Å². The number of carbonyl (C=O) groups is 1. The number of hydrogen-bond donors (Lipinski definition) is 3.